The summed E-state index contributed by atoms with van der Waals surface area (Å²) in [6.07, 6.45) is 0. The van der Waals surface area contributed by atoms with Gasteiger partial charge in [0.05, 0.1) is 11.3 Å². The fourth-order valence-electron chi connectivity index (χ4n) is 1.94. The lowest BCUT2D eigenvalue weighted by Gasteiger charge is -2.32. The predicted molar refractivity (Wildman–Crippen MR) is 78.4 cm³/mol. The summed E-state index contributed by atoms with van der Waals surface area (Å²) in [6, 6.07) is 5.78. The highest BCUT2D eigenvalue weighted by Crippen LogP contribution is 2.29. The van der Waals surface area contributed by atoms with Crippen LogP contribution in [0.2, 0.25) is 0 Å². The summed E-state index contributed by atoms with van der Waals surface area (Å²) in [4.78, 5) is 13.5. The molecule has 0 aliphatic rings. The minimum atomic E-state index is -0.896. The van der Waals surface area contributed by atoms with Crippen LogP contribution < -0.4 is 4.90 Å². The van der Waals surface area contributed by atoms with Crippen LogP contribution in [0.1, 0.15) is 38.1 Å². The molecule has 0 aliphatic carbocycles. The predicted octanol–water partition coefficient (Wildman–Crippen LogP) is 4.02. The number of rotatable bonds is 5. The Morgan fingerprint density at radius 1 is 1.33 bits per heavy atom. The van der Waals surface area contributed by atoms with Gasteiger partial charge in [0.1, 0.15) is 0 Å². The number of anilines is 1. The number of carboxylic acids is 1. The molecule has 0 aliphatic heterocycles. The molecule has 0 unspecified atom stereocenters. The van der Waals surface area contributed by atoms with Crippen molar-refractivity contribution < 1.29 is 9.90 Å². The molecule has 1 N–H and O–H groups in total. The van der Waals surface area contributed by atoms with E-state index in [1.54, 1.807) is 6.07 Å². The van der Waals surface area contributed by atoms with E-state index in [-0.39, 0.29) is 6.04 Å². The summed E-state index contributed by atoms with van der Waals surface area (Å²) in [5.41, 5.74) is 1.12. The molecule has 0 radical (unpaired) electrons. The van der Waals surface area contributed by atoms with Crippen molar-refractivity contribution in [1.29, 1.82) is 0 Å². The van der Waals surface area contributed by atoms with Crippen molar-refractivity contribution in [3.05, 3.63) is 28.2 Å². The first-order valence-electron chi connectivity index (χ1n) is 6.13. The number of aromatic carboxylic acids is 1. The van der Waals surface area contributed by atoms with E-state index in [4.69, 9.17) is 0 Å². The van der Waals surface area contributed by atoms with Crippen molar-refractivity contribution in [3.63, 3.8) is 0 Å². The molecule has 0 aromatic heterocycles. The van der Waals surface area contributed by atoms with Crippen molar-refractivity contribution in [2.75, 3.05) is 11.4 Å². The van der Waals surface area contributed by atoms with E-state index in [1.165, 1.54) is 0 Å². The van der Waals surface area contributed by atoms with Crippen LogP contribution in [0.15, 0.2) is 22.7 Å². The second-order valence-electron chi connectivity index (χ2n) is 5.08. The molecular formula is C14H20BrNO2. The Kier molecular flexibility index (Phi) is 5.20. The lowest BCUT2D eigenvalue weighted by atomic mass is 10.1. The van der Waals surface area contributed by atoms with Gasteiger partial charge in [-0.1, -0.05) is 19.9 Å². The molecule has 0 saturated heterocycles. The van der Waals surface area contributed by atoms with Gasteiger partial charge in [0.2, 0.25) is 0 Å². The summed E-state index contributed by atoms with van der Waals surface area (Å²) in [7, 11) is 0. The highest BCUT2D eigenvalue weighted by molar-refractivity contribution is 9.10. The standard InChI is InChI=1S/C14H20BrNO2/c1-9(2)8-16(10(3)4)12-7-5-6-11(15)13(12)14(17)18/h5-7,9-10H,8H2,1-4H3,(H,17,18). The van der Waals surface area contributed by atoms with Gasteiger partial charge >= 0.3 is 5.97 Å². The molecule has 1 aromatic carbocycles. The van der Waals surface area contributed by atoms with Gasteiger partial charge in [0.25, 0.3) is 0 Å². The average molecular weight is 314 g/mol. The largest absolute Gasteiger partial charge is 0.478 e. The second kappa shape index (κ2) is 6.23. The van der Waals surface area contributed by atoms with Gasteiger partial charge in [-0.05, 0) is 47.8 Å². The zero-order chi connectivity index (χ0) is 13.9. The van der Waals surface area contributed by atoms with Crippen molar-refractivity contribution >= 4 is 27.6 Å². The minimum Gasteiger partial charge on any atom is -0.478 e. The Morgan fingerprint density at radius 3 is 2.39 bits per heavy atom. The molecule has 1 aromatic rings. The lowest BCUT2D eigenvalue weighted by molar-refractivity contribution is 0.0696. The first-order valence-corrected chi connectivity index (χ1v) is 6.92. The number of halogens is 1. The van der Waals surface area contributed by atoms with E-state index in [1.807, 2.05) is 12.1 Å². The third-order valence-electron chi connectivity index (χ3n) is 2.70. The molecule has 4 heteroatoms. The van der Waals surface area contributed by atoms with Gasteiger partial charge in [0.15, 0.2) is 0 Å². The zero-order valence-corrected chi connectivity index (χ0v) is 12.9. The fourth-order valence-corrected chi connectivity index (χ4v) is 2.47. The van der Waals surface area contributed by atoms with Crippen LogP contribution in [0, 0.1) is 5.92 Å². The number of carboxylic acid groups (broad SMARTS) is 1. The third-order valence-corrected chi connectivity index (χ3v) is 3.36. The number of carbonyl (C=O) groups is 1. The van der Waals surface area contributed by atoms with Crippen LogP contribution in [0.25, 0.3) is 0 Å². The van der Waals surface area contributed by atoms with Gasteiger partial charge in [-0.2, -0.15) is 0 Å². The molecule has 100 valence electrons. The molecule has 3 nitrogen and oxygen atoms in total. The van der Waals surface area contributed by atoms with E-state index in [9.17, 15) is 9.90 Å². The van der Waals surface area contributed by atoms with Crippen LogP contribution in [-0.4, -0.2) is 23.7 Å². The second-order valence-corrected chi connectivity index (χ2v) is 5.93. The maximum Gasteiger partial charge on any atom is 0.338 e. The number of benzene rings is 1. The van der Waals surface area contributed by atoms with E-state index in [2.05, 4.69) is 48.5 Å². The van der Waals surface area contributed by atoms with Crippen molar-refractivity contribution in [1.82, 2.24) is 0 Å². The SMILES string of the molecule is CC(C)CN(c1cccc(Br)c1C(=O)O)C(C)C. The highest BCUT2D eigenvalue weighted by atomic mass is 79.9. The Morgan fingerprint density at radius 2 is 1.94 bits per heavy atom. The van der Waals surface area contributed by atoms with Crippen molar-refractivity contribution in [2.24, 2.45) is 5.92 Å². The quantitative estimate of drug-likeness (QED) is 0.892. The van der Waals surface area contributed by atoms with Crippen molar-refractivity contribution in [2.45, 2.75) is 33.7 Å². The Balaban J connectivity index is 3.27. The van der Waals surface area contributed by atoms with Crippen LogP contribution in [-0.2, 0) is 0 Å². The summed E-state index contributed by atoms with van der Waals surface area (Å²) in [5.74, 6) is -0.417. The van der Waals surface area contributed by atoms with E-state index < -0.39 is 5.97 Å². The molecule has 0 fully saturated rings. The summed E-state index contributed by atoms with van der Waals surface area (Å²) < 4.78 is 0.627. The first-order chi connectivity index (χ1) is 8.34. The molecule has 1 rings (SSSR count). The van der Waals surface area contributed by atoms with Gasteiger partial charge in [-0.25, -0.2) is 4.79 Å². The molecule has 0 atom stereocenters. The van der Waals surface area contributed by atoms with Gasteiger partial charge < -0.3 is 10.0 Å². The van der Waals surface area contributed by atoms with E-state index in [0.717, 1.165) is 12.2 Å². The number of hydrogen-bond donors (Lipinski definition) is 1. The van der Waals surface area contributed by atoms with Crippen LogP contribution in [0.4, 0.5) is 5.69 Å². The number of hydrogen-bond acceptors (Lipinski definition) is 2. The molecule has 0 amide bonds. The van der Waals surface area contributed by atoms with Gasteiger partial charge in [-0.15, -0.1) is 0 Å². The highest BCUT2D eigenvalue weighted by Gasteiger charge is 2.21. The normalized spacial score (nSPS) is 11.1. The average Bonchev–Trinajstić information content (AvgIpc) is 2.24. The van der Waals surface area contributed by atoms with Crippen LogP contribution >= 0.6 is 15.9 Å². The monoisotopic (exact) mass is 313 g/mol. The Bertz CT molecular complexity index is 430. The van der Waals surface area contributed by atoms with Crippen LogP contribution in [0.3, 0.4) is 0 Å². The molecule has 0 bridgehead atoms. The van der Waals surface area contributed by atoms with Gasteiger partial charge in [0, 0.05) is 17.1 Å². The van der Waals surface area contributed by atoms with E-state index >= 15 is 0 Å². The molecule has 18 heavy (non-hydrogen) atoms. The van der Waals surface area contributed by atoms with Gasteiger partial charge in [-0.3, -0.25) is 0 Å². The third kappa shape index (κ3) is 3.48. The molecule has 0 saturated carbocycles. The van der Waals surface area contributed by atoms with E-state index in [0.29, 0.717) is 16.0 Å². The minimum absolute atomic E-state index is 0.264. The molecular weight excluding hydrogens is 294 g/mol. The Labute approximate surface area is 117 Å². The maximum atomic E-state index is 11.4. The summed E-state index contributed by atoms with van der Waals surface area (Å²) in [5, 5.41) is 9.35. The maximum absolute atomic E-state index is 11.4. The molecule has 0 heterocycles. The number of nitrogens with zero attached hydrogens (tertiary/aromatic N) is 1. The Hall–Kier alpha value is -1.03. The molecule has 0 spiro atoms. The van der Waals surface area contributed by atoms with Crippen molar-refractivity contribution in [3.8, 4) is 0 Å². The summed E-state index contributed by atoms with van der Waals surface area (Å²) >= 11 is 3.32. The smallest absolute Gasteiger partial charge is 0.338 e. The van der Waals surface area contributed by atoms with Crippen LogP contribution in [0.5, 0.6) is 0 Å². The zero-order valence-electron chi connectivity index (χ0n) is 11.3. The lowest BCUT2D eigenvalue weighted by Crippen LogP contribution is -2.35. The topological polar surface area (TPSA) is 40.5 Å². The first kappa shape index (κ1) is 15.0. The fraction of sp³-hybridized carbons (Fsp3) is 0.500. The summed E-state index contributed by atoms with van der Waals surface area (Å²) in [6.45, 7) is 9.26.